The lowest BCUT2D eigenvalue weighted by Gasteiger charge is -2.10. The summed E-state index contributed by atoms with van der Waals surface area (Å²) in [7, 11) is 1.74. The van der Waals surface area contributed by atoms with Crippen molar-refractivity contribution in [1.29, 1.82) is 0 Å². The second kappa shape index (κ2) is 8.41. The van der Waals surface area contributed by atoms with Gasteiger partial charge in [-0.1, -0.05) is 25.1 Å². The van der Waals surface area contributed by atoms with Gasteiger partial charge in [0.05, 0.1) is 6.54 Å². The molecule has 3 heterocycles. The predicted octanol–water partition coefficient (Wildman–Crippen LogP) is 1.53. The molecular formula is C17H24N8O. The molecule has 0 aliphatic rings. The Labute approximate surface area is 151 Å². The summed E-state index contributed by atoms with van der Waals surface area (Å²) in [4.78, 5) is 8.60. The first kappa shape index (κ1) is 17.8. The number of pyridine rings is 1. The van der Waals surface area contributed by atoms with E-state index in [2.05, 4.69) is 36.0 Å². The van der Waals surface area contributed by atoms with Crippen molar-refractivity contribution < 1.29 is 4.52 Å². The van der Waals surface area contributed by atoms with Gasteiger partial charge in [-0.3, -0.25) is 9.39 Å². The SMILES string of the molecule is CN=C(NCCCc1nc(C(C)C)no1)NCc1nnc2ccccn12. The van der Waals surface area contributed by atoms with Crippen molar-refractivity contribution in [3.05, 3.63) is 41.9 Å². The summed E-state index contributed by atoms with van der Waals surface area (Å²) in [5, 5.41) is 18.8. The van der Waals surface area contributed by atoms with Crippen LogP contribution in [0.4, 0.5) is 0 Å². The summed E-state index contributed by atoms with van der Waals surface area (Å²) < 4.78 is 7.19. The normalized spacial score (nSPS) is 12.1. The van der Waals surface area contributed by atoms with Gasteiger partial charge in [0.15, 0.2) is 23.3 Å². The minimum absolute atomic E-state index is 0.280. The summed E-state index contributed by atoms with van der Waals surface area (Å²) in [6.07, 6.45) is 3.55. The van der Waals surface area contributed by atoms with Gasteiger partial charge in [0.2, 0.25) is 5.89 Å². The van der Waals surface area contributed by atoms with Gasteiger partial charge < -0.3 is 15.2 Å². The topological polar surface area (TPSA) is 106 Å². The van der Waals surface area contributed by atoms with Gasteiger partial charge in [-0.2, -0.15) is 4.98 Å². The van der Waals surface area contributed by atoms with Gasteiger partial charge in [-0.05, 0) is 18.6 Å². The fraction of sp³-hybridized carbons (Fsp3) is 0.471. The van der Waals surface area contributed by atoms with Crippen molar-refractivity contribution in [3.8, 4) is 0 Å². The minimum atomic E-state index is 0.280. The first-order valence-electron chi connectivity index (χ1n) is 8.73. The molecule has 3 aromatic rings. The average Bonchev–Trinajstić information content (AvgIpc) is 3.28. The van der Waals surface area contributed by atoms with Gasteiger partial charge >= 0.3 is 0 Å². The van der Waals surface area contributed by atoms with Crippen molar-refractivity contribution in [3.63, 3.8) is 0 Å². The van der Waals surface area contributed by atoms with Crippen LogP contribution < -0.4 is 10.6 Å². The molecule has 0 saturated carbocycles. The molecule has 0 saturated heterocycles. The van der Waals surface area contributed by atoms with Crippen molar-refractivity contribution in [2.24, 2.45) is 4.99 Å². The summed E-state index contributed by atoms with van der Waals surface area (Å²) in [6.45, 7) is 5.38. The van der Waals surface area contributed by atoms with Crippen LogP contribution in [0.3, 0.4) is 0 Å². The van der Waals surface area contributed by atoms with Gasteiger partial charge in [-0.15, -0.1) is 10.2 Å². The Morgan fingerprint density at radius 1 is 1.27 bits per heavy atom. The maximum atomic E-state index is 5.24. The lowest BCUT2D eigenvalue weighted by molar-refractivity contribution is 0.368. The van der Waals surface area contributed by atoms with Crippen molar-refractivity contribution >= 4 is 11.6 Å². The Balaban J connectivity index is 1.43. The Bertz CT molecular complexity index is 866. The summed E-state index contributed by atoms with van der Waals surface area (Å²) >= 11 is 0. The monoisotopic (exact) mass is 356 g/mol. The second-order valence-electron chi connectivity index (χ2n) is 6.20. The van der Waals surface area contributed by atoms with Crippen molar-refractivity contribution in [2.75, 3.05) is 13.6 Å². The smallest absolute Gasteiger partial charge is 0.226 e. The molecule has 9 heteroatoms. The van der Waals surface area contributed by atoms with Crippen LogP contribution in [-0.2, 0) is 13.0 Å². The molecular weight excluding hydrogens is 332 g/mol. The number of aromatic nitrogens is 5. The minimum Gasteiger partial charge on any atom is -0.356 e. The van der Waals surface area contributed by atoms with E-state index in [1.54, 1.807) is 7.05 Å². The molecule has 0 aliphatic heterocycles. The highest BCUT2D eigenvalue weighted by Crippen LogP contribution is 2.10. The standard InChI is InChI=1S/C17H24N8O/c1-12(2)16-21-15(26-24-16)8-6-9-19-17(18-3)20-11-14-23-22-13-7-4-5-10-25(13)14/h4-5,7,10,12H,6,8-9,11H2,1-3H3,(H2,18,19,20). The number of fused-ring (bicyclic) bond motifs is 1. The van der Waals surface area contributed by atoms with Crippen LogP contribution in [0, 0.1) is 0 Å². The molecule has 26 heavy (non-hydrogen) atoms. The van der Waals surface area contributed by atoms with Crippen LogP contribution in [0.25, 0.3) is 5.65 Å². The number of aryl methyl sites for hydroxylation is 1. The third kappa shape index (κ3) is 4.35. The molecule has 0 aliphatic carbocycles. The van der Waals surface area contributed by atoms with E-state index in [9.17, 15) is 0 Å². The van der Waals surface area contributed by atoms with Crippen LogP contribution in [0.5, 0.6) is 0 Å². The predicted molar refractivity (Wildman–Crippen MR) is 97.9 cm³/mol. The zero-order valence-corrected chi connectivity index (χ0v) is 15.3. The fourth-order valence-electron chi connectivity index (χ4n) is 2.45. The molecule has 0 fully saturated rings. The van der Waals surface area contributed by atoms with Gasteiger partial charge in [0, 0.05) is 32.1 Å². The Morgan fingerprint density at radius 2 is 2.15 bits per heavy atom. The number of hydrogen-bond acceptors (Lipinski definition) is 6. The number of nitrogens with one attached hydrogen (secondary N) is 2. The molecule has 0 amide bonds. The zero-order valence-electron chi connectivity index (χ0n) is 15.3. The first-order chi connectivity index (χ1) is 12.7. The lowest BCUT2D eigenvalue weighted by Crippen LogP contribution is -2.37. The van der Waals surface area contributed by atoms with E-state index in [1.807, 2.05) is 42.6 Å². The van der Waals surface area contributed by atoms with Crippen LogP contribution in [0.2, 0.25) is 0 Å². The van der Waals surface area contributed by atoms with Crippen molar-refractivity contribution in [2.45, 2.75) is 39.2 Å². The highest BCUT2D eigenvalue weighted by Gasteiger charge is 2.09. The summed E-state index contributed by atoms with van der Waals surface area (Å²) in [6, 6.07) is 5.82. The molecule has 3 aromatic heterocycles. The number of hydrogen-bond donors (Lipinski definition) is 2. The van der Waals surface area contributed by atoms with E-state index in [4.69, 9.17) is 4.52 Å². The maximum Gasteiger partial charge on any atom is 0.226 e. The van der Waals surface area contributed by atoms with E-state index in [-0.39, 0.29) is 5.92 Å². The highest BCUT2D eigenvalue weighted by molar-refractivity contribution is 5.79. The maximum absolute atomic E-state index is 5.24. The van der Waals surface area contributed by atoms with Gasteiger partial charge in [0.1, 0.15) is 0 Å². The molecule has 0 aromatic carbocycles. The first-order valence-corrected chi connectivity index (χ1v) is 8.73. The van der Waals surface area contributed by atoms with Crippen LogP contribution in [0.1, 0.15) is 43.7 Å². The molecule has 3 rings (SSSR count). The van der Waals surface area contributed by atoms with Crippen LogP contribution in [-0.4, -0.2) is 44.3 Å². The highest BCUT2D eigenvalue weighted by atomic mass is 16.5. The summed E-state index contributed by atoms with van der Waals surface area (Å²) in [5.41, 5.74) is 0.826. The zero-order chi connectivity index (χ0) is 18.4. The van der Waals surface area contributed by atoms with E-state index < -0.39 is 0 Å². The molecule has 0 bridgehead atoms. The van der Waals surface area contributed by atoms with E-state index in [1.165, 1.54) is 0 Å². The number of nitrogens with zero attached hydrogens (tertiary/aromatic N) is 6. The number of guanidine groups is 1. The Morgan fingerprint density at radius 3 is 2.92 bits per heavy atom. The van der Waals surface area contributed by atoms with E-state index >= 15 is 0 Å². The number of aliphatic imine (C=N–C) groups is 1. The van der Waals surface area contributed by atoms with Crippen molar-refractivity contribution in [1.82, 2.24) is 35.4 Å². The molecule has 0 spiro atoms. The van der Waals surface area contributed by atoms with Crippen LogP contribution >= 0.6 is 0 Å². The fourth-order valence-corrected chi connectivity index (χ4v) is 2.45. The van der Waals surface area contributed by atoms with Crippen LogP contribution in [0.15, 0.2) is 33.9 Å². The molecule has 0 unspecified atom stereocenters. The largest absolute Gasteiger partial charge is 0.356 e. The molecule has 0 radical (unpaired) electrons. The molecule has 9 nitrogen and oxygen atoms in total. The molecule has 2 N–H and O–H groups in total. The third-order valence-corrected chi connectivity index (χ3v) is 3.88. The summed E-state index contributed by atoms with van der Waals surface area (Å²) in [5.74, 6) is 3.25. The molecule has 138 valence electrons. The average molecular weight is 356 g/mol. The Hall–Kier alpha value is -2.97. The lowest BCUT2D eigenvalue weighted by atomic mass is 10.2. The van der Waals surface area contributed by atoms with E-state index in [0.717, 1.165) is 36.7 Å². The third-order valence-electron chi connectivity index (χ3n) is 3.88. The van der Waals surface area contributed by atoms with E-state index in [0.29, 0.717) is 18.4 Å². The Kier molecular flexibility index (Phi) is 5.77. The quantitative estimate of drug-likeness (QED) is 0.376. The second-order valence-corrected chi connectivity index (χ2v) is 6.20. The molecule has 0 atom stereocenters. The number of rotatable bonds is 7. The van der Waals surface area contributed by atoms with Gasteiger partial charge in [-0.25, -0.2) is 0 Å². The van der Waals surface area contributed by atoms with Gasteiger partial charge in [0.25, 0.3) is 0 Å².